The predicted molar refractivity (Wildman–Crippen MR) is 82.1 cm³/mol. The van der Waals surface area contributed by atoms with Crippen molar-refractivity contribution in [2.75, 3.05) is 12.8 Å². The van der Waals surface area contributed by atoms with Gasteiger partial charge in [-0.15, -0.1) is 0 Å². The molecule has 0 heterocycles. The van der Waals surface area contributed by atoms with Gasteiger partial charge in [0.15, 0.2) is 0 Å². The lowest BCUT2D eigenvalue weighted by atomic mass is 10.1. The van der Waals surface area contributed by atoms with Gasteiger partial charge in [0.25, 0.3) is 0 Å². The molecule has 0 saturated heterocycles. The summed E-state index contributed by atoms with van der Waals surface area (Å²) in [5.41, 5.74) is 7.95. The van der Waals surface area contributed by atoms with Crippen molar-refractivity contribution in [3.05, 3.63) is 64.4 Å². The van der Waals surface area contributed by atoms with E-state index in [4.69, 9.17) is 17.3 Å². The molecule has 2 aromatic rings. The van der Waals surface area contributed by atoms with Crippen LogP contribution in [-0.4, -0.2) is 11.9 Å². The molecular formula is C16H18ClFN2. The monoisotopic (exact) mass is 292 g/mol. The van der Waals surface area contributed by atoms with Gasteiger partial charge >= 0.3 is 0 Å². The Labute approximate surface area is 124 Å². The Morgan fingerprint density at radius 2 is 1.85 bits per heavy atom. The van der Waals surface area contributed by atoms with Crippen molar-refractivity contribution in [3.8, 4) is 0 Å². The molecule has 2 N–H and O–H groups in total. The molecule has 1 atom stereocenters. The summed E-state index contributed by atoms with van der Waals surface area (Å²) in [6.45, 7) is 2.69. The number of nitrogens with zero attached hydrogens (tertiary/aromatic N) is 1. The van der Waals surface area contributed by atoms with Crippen LogP contribution in [0.3, 0.4) is 0 Å². The first-order valence-electron chi connectivity index (χ1n) is 6.47. The van der Waals surface area contributed by atoms with E-state index >= 15 is 0 Å². The molecule has 106 valence electrons. The van der Waals surface area contributed by atoms with Gasteiger partial charge in [0.1, 0.15) is 5.82 Å². The number of anilines is 1. The van der Waals surface area contributed by atoms with Crippen LogP contribution in [0, 0.1) is 5.82 Å². The van der Waals surface area contributed by atoms with Crippen molar-refractivity contribution in [3.63, 3.8) is 0 Å². The average molecular weight is 293 g/mol. The fourth-order valence-corrected chi connectivity index (χ4v) is 2.25. The molecule has 0 aromatic heterocycles. The molecule has 20 heavy (non-hydrogen) atoms. The third kappa shape index (κ3) is 3.30. The van der Waals surface area contributed by atoms with Gasteiger partial charge in [0.2, 0.25) is 0 Å². The second-order valence-corrected chi connectivity index (χ2v) is 5.39. The molecule has 0 bridgehead atoms. The van der Waals surface area contributed by atoms with E-state index in [1.165, 1.54) is 6.07 Å². The zero-order chi connectivity index (χ0) is 14.7. The summed E-state index contributed by atoms with van der Waals surface area (Å²) < 4.78 is 13.4. The number of nitrogens with two attached hydrogens (primary N) is 1. The molecule has 4 heteroatoms. The van der Waals surface area contributed by atoms with Crippen molar-refractivity contribution in [1.82, 2.24) is 4.90 Å². The standard InChI is InChI=1S/C16H18ClFN2/c1-11(12-6-8-14(17)9-7-12)20(2)10-13-4-3-5-15(18)16(13)19/h3-9,11H,10,19H2,1-2H3. The summed E-state index contributed by atoms with van der Waals surface area (Å²) in [4.78, 5) is 2.12. The number of para-hydroxylation sites is 1. The SMILES string of the molecule is CC(c1ccc(Cl)cc1)N(C)Cc1cccc(F)c1N. The Morgan fingerprint density at radius 3 is 2.50 bits per heavy atom. The van der Waals surface area contributed by atoms with Gasteiger partial charge in [-0.3, -0.25) is 4.90 Å². The second-order valence-electron chi connectivity index (χ2n) is 4.96. The Hall–Kier alpha value is -1.58. The van der Waals surface area contributed by atoms with E-state index in [9.17, 15) is 4.39 Å². The van der Waals surface area contributed by atoms with Crippen LogP contribution in [0.5, 0.6) is 0 Å². The topological polar surface area (TPSA) is 29.3 Å². The number of rotatable bonds is 4. The van der Waals surface area contributed by atoms with Crippen LogP contribution in [0.1, 0.15) is 24.1 Å². The summed E-state index contributed by atoms with van der Waals surface area (Å²) in [5, 5.41) is 0.720. The van der Waals surface area contributed by atoms with Crippen LogP contribution in [-0.2, 0) is 6.54 Å². The molecule has 0 saturated carbocycles. The van der Waals surface area contributed by atoms with Gasteiger partial charge in [0, 0.05) is 17.6 Å². The maximum absolute atomic E-state index is 13.4. The van der Waals surface area contributed by atoms with Crippen LogP contribution in [0.15, 0.2) is 42.5 Å². The van der Waals surface area contributed by atoms with E-state index in [0.29, 0.717) is 6.54 Å². The highest BCUT2D eigenvalue weighted by molar-refractivity contribution is 6.30. The van der Waals surface area contributed by atoms with E-state index in [1.807, 2.05) is 37.4 Å². The lowest BCUT2D eigenvalue weighted by Gasteiger charge is -2.25. The van der Waals surface area contributed by atoms with Gasteiger partial charge in [0.05, 0.1) is 5.69 Å². The van der Waals surface area contributed by atoms with Crippen LogP contribution >= 0.6 is 11.6 Å². The van der Waals surface area contributed by atoms with Crippen LogP contribution < -0.4 is 5.73 Å². The lowest BCUT2D eigenvalue weighted by molar-refractivity contribution is 0.253. The average Bonchev–Trinajstić information content (AvgIpc) is 2.44. The molecule has 0 fully saturated rings. The van der Waals surface area contributed by atoms with E-state index in [1.54, 1.807) is 6.07 Å². The summed E-state index contributed by atoms with van der Waals surface area (Å²) in [6, 6.07) is 12.8. The first-order chi connectivity index (χ1) is 9.49. The normalized spacial score (nSPS) is 12.7. The van der Waals surface area contributed by atoms with Gasteiger partial charge in [-0.1, -0.05) is 35.9 Å². The maximum Gasteiger partial charge on any atom is 0.146 e. The van der Waals surface area contributed by atoms with Gasteiger partial charge in [-0.2, -0.15) is 0 Å². The molecule has 0 amide bonds. The molecule has 1 unspecified atom stereocenters. The first-order valence-corrected chi connectivity index (χ1v) is 6.85. The van der Waals surface area contributed by atoms with Gasteiger partial charge < -0.3 is 5.73 Å². The van der Waals surface area contributed by atoms with Crippen molar-refractivity contribution in [2.45, 2.75) is 19.5 Å². The highest BCUT2D eigenvalue weighted by Crippen LogP contribution is 2.24. The highest BCUT2D eigenvalue weighted by Gasteiger charge is 2.14. The summed E-state index contributed by atoms with van der Waals surface area (Å²) in [6.07, 6.45) is 0. The zero-order valence-electron chi connectivity index (χ0n) is 11.6. The summed E-state index contributed by atoms with van der Waals surface area (Å²) >= 11 is 5.89. The quantitative estimate of drug-likeness (QED) is 0.854. The maximum atomic E-state index is 13.4. The minimum absolute atomic E-state index is 0.190. The minimum atomic E-state index is -0.366. The third-order valence-corrected chi connectivity index (χ3v) is 3.83. The molecule has 2 rings (SSSR count). The molecule has 0 aliphatic heterocycles. The van der Waals surface area contributed by atoms with Crippen molar-refractivity contribution < 1.29 is 4.39 Å². The Bertz CT molecular complexity index is 584. The Balaban J connectivity index is 2.13. The molecule has 2 nitrogen and oxygen atoms in total. The van der Waals surface area contributed by atoms with E-state index in [-0.39, 0.29) is 17.5 Å². The Kier molecular flexibility index (Phi) is 4.63. The third-order valence-electron chi connectivity index (χ3n) is 3.58. The number of hydrogen-bond acceptors (Lipinski definition) is 2. The van der Waals surface area contributed by atoms with Crippen LogP contribution in [0.2, 0.25) is 5.02 Å². The molecule has 0 aliphatic rings. The van der Waals surface area contributed by atoms with Crippen molar-refractivity contribution >= 4 is 17.3 Å². The molecular weight excluding hydrogens is 275 g/mol. The largest absolute Gasteiger partial charge is 0.396 e. The minimum Gasteiger partial charge on any atom is -0.396 e. The Morgan fingerprint density at radius 1 is 1.20 bits per heavy atom. The van der Waals surface area contributed by atoms with Crippen LogP contribution in [0.25, 0.3) is 0 Å². The van der Waals surface area contributed by atoms with E-state index in [0.717, 1.165) is 16.1 Å². The number of benzene rings is 2. The molecule has 0 radical (unpaired) electrons. The lowest BCUT2D eigenvalue weighted by Crippen LogP contribution is -2.22. The fraction of sp³-hybridized carbons (Fsp3) is 0.250. The second kappa shape index (κ2) is 6.25. The molecule has 0 aliphatic carbocycles. The summed E-state index contributed by atoms with van der Waals surface area (Å²) in [5.74, 6) is -0.366. The van der Waals surface area contributed by atoms with Crippen LogP contribution in [0.4, 0.5) is 10.1 Å². The zero-order valence-corrected chi connectivity index (χ0v) is 12.4. The van der Waals surface area contributed by atoms with Crippen molar-refractivity contribution in [1.29, 1.82) is 0 Å². The smallest absolute Gasteiger partial charge is 0.146 e. The van der Waals surface area contributed by atoms with Gasteiger partial charge in [-0.25, -0.2) is 4.39 Å². The van der Waals surface area contributed by atoms with E-state index < -0.39 is 0 Å². The molecule has 2 aromatic carbocycles. The first kappa shape index (κ1) is 14.8. The fourth-order valence-electron chi connectivity index (χ4n) is 2.12. The number of halogens is 2. The van der Waals surface area contributed by atoms with Gasteiger partial charge in [-0.05, 0) is 43.3 Å². The highest BCUT2D eigenvalue weighted by atomic mass is 35.5. The van der Waals surface area contributed by atoms with E-state index in [2.05, 4.69) is 11.8 Å². The number of nitrogen functional groups attached to an aromatic ring is 1. The molecule has 0 spiro atoms. The van der Waals surface area contributed by atoms with Crippen molar-refractivity contribution in [2.24, 2.45) is 0 Å². The number of hydrogen-bond donors (Lipinski definition) is 1. The summed E-state index contributed by atoms with van der Waals surface area (Å²) in [7, 11) is 1.99. The predicted octanol–water partition coefficient (Wildman–Crippen LogP) is 4.25.